The highest BCUT2D eigenvalue weighted by Crippen LogP contribution is 1.97. The molecule has 12 heavy (non-hydrogen) atoms. The van der Waals surface area contributed by atoms with Crippen LogP contribution >= 0.6 is 12.4 Å². The van der Waals surface area contributed by atoms with E-state index in [0.29, 0.717) is 6.42 Å². The SMILES string of the molecule is COC(=O)CCCC(=O)OC.Cl. The molecule has 0 rings (SSSR count). The molecule has 0 bridgehead atoms. The second-order valence-corrected chi connectivity index (χ2v) is 2.01. The van der Waals surface area contributed by atoms with Crippen molar-refractivity contribution >= 4 is 24.3 Å². The van der Waals surface area contributed by atoms with E-state index in [1.54, 1.807) is 0 Å². The van der Waals surface area contributed by atoms with Gasteiger partial charge in [-0.2, -0.15) is 0 Å². The molecule has 0 aromatic rings. The predicted octanol–water partition coefficient (Wildman–Crippen LogP) is 0.924. The lowest BCUT2D eigenvalue weighted by atomic mass is 10.2. The van der Waals surface area contributed by atoms with Crippen molar-refractivity contribution in [3.8, 4) is 0 Å². The molecule has 0 aliphatic rings. The highest BCUT2D eigenvalue weighted by atomic mass is 35.5. The number of esters is 2. The normalized spacial score (nSPS) is 8.17. The zero-order chi connectivity index (χ0) is 8.69. The quantitative estimate of drug-likeness (QED) is 0.628. The van der Waals surface area contributed by atoms with Gasteiger partial charge in [-0.15, -0.1) is 12.4 Å². The Morgan fingerprint density at radius 1 is 1.00 bits per heavy atom. The van der Waals surface area contributed by atoms with Crippen LogP contribution < -0.4 is 0 Å². The number of carbonyl (C=O) groups excluding carboxylic acids is 2. The van der Waals surface area contributed by atoms with Crippen LogP contribution in [0.5, 0.6) is 0 Å². The standard InChI is InChI=1S/C7H12O4.ClH/c1-10-6(8)4-3-5-7(9)11-2;/h3-5H2,1-2H3;1H. The molecule has 0 unspecified atom stereocenters. The molecule has 0 fully saturated rings. The number of hydrogen-bond acceptors (Lipinski definition) is 4. The Bertz CT molecular complexity index is 130. The van der Waals surface area contributed by atoms with Gasteiger partial charge in [0.15, 0.2) is 0 Å². The highest BCUT2D eigenvalue weighted by molar-refractivity contribution is 5.85. The molecule has 0 heterocycles. The van der Waals surface area contributed by atoms with Gasteiger partial charge in [0, 0.05) is 12.8 Å². The van der Waals surface area contributed by atoms with Gasteiger partial charge in [0.25, 0.3) is 0 Å². The van der Waals surface area contributed by atoms with E-state index in [0.717, 1.165) is 0 Å². The minimum atomic E-state index is -0.297. The van der Waals surface area contributed by atoms with Crippen molar-refractivity contribution in [3.05, 3.63) is 0 Å². The summed E-state index contributed by atoms with van der Waals surface area (Å²) in [7, 11) is 2.64. The van der Waals surface area contributed by atoms with Gasteiger partial charge in [-0.1, -0.05) is 0 Å². The molecule has 0 aromatic carbocycles. The van der Waals surface area contributed by atoms with Gasteiger partial charge < -0.3 is 9.47 Å². The average Bonchev–Trinajstić information content (AvgIpc) is 2.04. The van der Waals surface area contributed by atoms with Crippen molar-refractivity contribution in [2.24, 2.45) is 0 Å². The van der Waals surface area contributed by atoms with Gasteiger partial charge in [-0.25, -0.2) is 0 Å². The van der Waals surface area contributed by atoms with E-state index in [9.17, 15) is 9.59 Å². The lowest BCUT2D eigenvalue weighted by Crippen LogP contribution is -2.04. The van der Waals surface area contributed by atoms with E-state index in [4.69, 9.17) is 0 Å². The molecular formula is C7H13ClO4. The lowest BCUT2D eigenvalue weighted by molar-refractivity contribution is -0.142. The molecule has 0 saturated carbocycles. The molecule has 72 valence electrons. The van der Waals surface area contributed by atoms with Gasteiger partial charge in [-0.3, -0.25) is 9.59 Å². The van der Waals surface area contributed by atoms with Crippen LogP contribution in [-0.4, -0.2) is 26.2 Å². The Hall–Kier alpha value is -0.770. The summed E-state index contributed by atoms with van der Waals surface area (Å²) < 4.78 is 8.75. The summed E-state index contributed by atoms with van der Waals surface area (Å²) >= 11 is 0. The summed E-state index contributed by atoms with van der Waals surface area (Å²) in [5.41, 5.74) is 0. The third-order valence-electron chi connectivity index (χ3n) is 1.22. The maximum atomic E-state index is 10.5. The summed E-state index contributed by atoms with van der Waals surface area (Å²) in [5, 5.41) is 0. The summed E-state index contributed by atoms with van der Waals surface area (Å²) in [6.45, 7) is 0. The number of hydrogen-bond donors (Lipinski definition) is 0. The van der Waals surface area contributed by atoms with E-state index in [1.165, 1.54) is 14.2 Å². The largest absolute Gasteiger partial charge is 0.469 e. The van der Waals surface area contributed by atoms with E-state index in [1.807, 2.05) is 0 Å². The van der Waals surface area contributed by atoms with Crippen LogP contribution in [-0.2, 0) is 19.1 Å². The molecule has 0 aliphatic carbocycles. The summed E-state index contributed by atoms with van der Waals surface area (Å²) in [6.07, 6.45) is 1.02. The molecular weight excluding hydrogens is 184 g/mol. The molecule has 0 atom stereocenters. The summed E-state index contributed by atoms with van der Waals surface area (Å²) in [4.78, 5) is 21.0. The average molecular weight is 197 g/mol. The van der Waals surface area contributed by atoms with Crippen molar-refractivity contribution in [3.63, 3.8) is 0 Å². The molecule has 5 heteroatoms. The van der Waals surface area contributed by atoms with Gasteiger partial charge in [0.2, 0.25) is 0 Å². The monoisotopic (exact) mass is 196 g/mol. The number of methoxy groups -OCH3 is 2. The van der Waals surface area contributed by atoms with E-state index in [-0.39, 0.29) is 37.2 Å². The topological polar surface area (TPSA) is 52.6 Å². The first-order chi connectivity index (χ1) is 5.20. The van der Waals surface area contributed by atoms with E-state index in [2.05, 4.69) is 9.47 Å². The fourth-order valence-electron chi connectivity index (χ4n) is 0.581. The van der Waals surface area contributed by atoms with Crippen molar-refractivity contribution < 1.29 is 19.1 Å². The van der Waals surface area contributed by atoms with Crippen LogP contribution in [0.15, 0.2) is 0 Å². The number of rotatable bonds is 4. The Labute approximate surface area is 77.6 Å². The van der Waals surface area contributed by atoms with Gasteiger partial charge in [-0.05, 0) is 6.42 Å². The molecule has 0 aromatic heterocycles. The van der Waals surface area contributed by atoms with Crippen molar-refractivity contribution in [2.45, 2.75) is 19.3 Å². The number of carbonyl (C=O) groups is 2. The van der Waals surface area contributed by atoms with Crippen LogP contribution in [0.2, 0.25) is 0 Å². The Morgan fingerprint density at radius 3 is 1.58 bits per heavy atom. The fourth-order valence-corrected chi connectivity index (χ4v) is 0.581. The first-order valence-corrected chi connectivity index (χ1v) is 3.34. The minimum Gasteiger partial charge on any atom is -0.469 e. The fraction of sp³-hybridized carbons (Fsp3) is 0.714. The molecule has 0 spiro atoms. The molecule has 0 N–H and O–H groups in total. The lowest BCUT2D eigenvalue weighted by Gasteiger charge is -1.97. The molecule has 4 nitrogen and oxygen atoms in total. The Kier molecular flexibility index (Phi) is 9.57. The highest BCUT2D eigenvalue weighted by Gasteiger charge is 2.03. The van der Waals surface area contributed by atoms with Crippen molar-refractivity contribution in [2.75, 3.05) is 14.2 Å². The van der Waals surface area contributed by atoms with Gasteiger partial charge in [0.05, 0.1) is 14.2 Å². The number of ether oxygens (including phenoxy) is 2. The molecule has 0 amide bonds. The maximum absolute atomic E-state index is 10.5. The van der Waals surface area contributed by atoms with Gasteiger partial charge >= 0.3 is 11.9 Å². The third kappa shape index (κ3) is 7.34. The van der Waals surface area contributed by atoms with Crippen molar-refractivity contribution in [1.29, 1.82) is 0 Å². The zero-order valence-electron chi connectivity index (χ0n) is 7.16. The smallest absolute Gasteiger partial charge is 0.305 e. The van der Waals surface area contributed by atoms with Crippen LogP contribution in [0, 0.1) is 0 Å². The predicted molar refractivity (Wildman–Crippen MR) is 45.1 cm³/mol. The third-order valence-corrected chi connectivity index (χ3v) is 1.22. The first-order valence-electron chi connectivity index (χ1n) is 3.34. The number of halogens is 1. The molecule has 0 radical (unpaired) electrons. The Morgan fingerprint density at radius 2 is 1.33 bits per heavy atom. The maximum Gasteiger partial charge on any atom is 0.305 e. The summed E-state index contributed by atoms with van der Waals surface area (Å²) in [5.74, 6) is -0.595. The van der Waals surface area contributed by atoms with Crippen LogP contribution in [0.1, 0.15) is 19.3 Å². The van der Waals surface area contributed by atoms with Crippen molar-refractivity contribution in [1.82, 2.24) is 0 Å². The first kappa shape index (κ1) is 13.8. The van der Waals surface area contributed by atoms with Crippen LogP contribution in [0.3, 0.4) is 0 Å². The second-order valence-electron chi connectivity index (χ2n) is 2.01. The minimum absolute atomic E-state index is 0. The van der Waals surface area contributed by atoms with Crippen LogP contribution in [0.4, 0.5) is 0 Å². The summed E-state index contributed by atoms with van der Waals surface area (Å²) in [6, 6.07) is 0. The molecule has 0 saturated heterocycles. The Balaban J connectivity index is 0. The van der Waals surface area contributed by atoms with E-state index >= 15 is 0 Å². The zero-order valence-corrected chi connectivity index (χ0v) is 7.98. The second kappa shape index (κ2) is 8.33. The van der Waals surface area contributed by atoms with Gasteiger partial charge in [0.1, 0.15) is 0 Å². The van der Waals surface area contributed by atoms with Crippen LogP contribution in [0.25, 0.3) is 0 Å². The molecule has 0 aliphatic heterocycles. The van der Waals surface area contributed by atoms with E-state index < -0.39 is 0 Å².